The predicted molar refractivity (Wildman–Crippen MR) is 70.4 cm³/mol. The second kappa shape index (κ2) is 5.06. The van der Waals surface area contributed by atoms with E-state index in [9.17, 15) is 0 Å². The Kier molecular flexibility index (Phi) is 3.10. The van der Waals surface area contributed by atoms with Gasteiger partial charge in [-0.15, -0.1) is 0 Å². The summed E-state index contributed by atoms with van der Waals surface area (Å²) in [7, 11) is 0. The minimum absolute atomic E-state index is 0.697. The van der Waals surface area contributed by atoms with Gasteiger partial charge in [-0.3, -0.25) is 0 Å². The number of aryl methyl sites for hydroxylation is 1. The van der Waals surface area contributed by atoms with Gasteiger partial charge in [-0.05, 0) is 12.5 Å². The molecule has 0 N–H and O–H groups in total. The number of hydrogen-bond donors (Lipinski definition) is 0. The Morgan fingerprint density at radius 2 is 2.00 bits per heavy atom. The second-order valence-electron chi connectivity index (χ2n) is 4.19. The molecule has 0 aliphatic rings. The van der Waals surface area contributed by atoms with Gasteiger partial charge in [0.2, 0.25) is 0 Å². The Hall–Kier alpha value is -2.43. The number of rotatable bonds is 4. The summed E-state index contributed by atoms with van der Waals surface area (Å²) in [4.78, 5) is 8.54. The summed E-state index contributed by atoms with van der Waals surface area (Å²) in [6.07, 6.45) is 3.72. The largest absolute Gasteiger partial charge is 0.440 e. The highest BCUT2D eigenvalue weighted by molar-refractivity contribution is 5.51. The molecule has 19 heavy (non-hydrogen) atoms. The highest BCUT2D eigenvalue weighted by atomic mass is 16.3. The fraction of sp³-hybridized carbons (Fsp3) is 0.214. The van der Waals surface area contributed by atoms with Crippen LogP contribution in [-0.2, 0) is 13.0 Å². The van der Waals surface area contributed by atoms with Crippen molar-refractivity contribution < 1.29 is 4.42 Å². The van der Waals surface area contributed by atoms with Crippen molar-refractivity contribution in [1.82, 2.24) is 19.7 Å². The van der Waals surface area contributed by atoms with Crippen molar-refractivity contribution in [2.45, 2.75) is 19.9 Å². The lowest BCUT2D eigenvalue weighted by Gasteiger charge is -2.02. The first-order chi connectivity index (χ1) is 9.38. The zero-order chi connectivity index (χ0) is 13.1. The zero-order valence-corrected chi connectivity index (χ0v) is 10.7. The molecule has 2 aromatic heterocycles. The zero-order valence-electron chi connectivity index (χ0n) is 10.7. The van der Waals surface area contributed by atoms with E-state index < -0.39 is 0 Å². The number of aromatic nitrogens is 4. The van der Waals surface area contributed by atoms with Crippen molar-refractivity contribution in [3.63, 3.8) is 0 Å². The van der Waals surface area contributed by atoms with Gasteiger partial charge in [0.05, 0.1) is 5.69 Å². The Bertz CT molecular complexity index is 657. The molecule has 5 heteroatoms. The molecule has 3 aromatic rings. The maximum atomic E-state index is 5.49. The molecular weight excluding hydrogens is 240 g/mol. The normalized spacial score (nSPS) is 10.8. The Balaban J connectivity index is 1.95. The van der Waals surface area contributed by atoms with Crippen LogP contribution in [0.3, 0.4) is 0 Å². The molecule has 5 nitrogen and oxygen atoms in total. The van der Waals surface area contributed by atoms with Gasteiger partial charge in [-0.1, -0.05) is 30.3 Å². The van der Waals surface area contributed by atoms with Crippen LogP contribution in [0.4, 0.5) is 0 Å². The Morgan fingerprint density at radius 3 is 2.79 bits per heavy atom. The third kappa shape index (κ3) is 2.27. The third-order valence-electron chi connectivity index (χ3n) is 2.97. The van der Waals surface area contributed by atoms with E-state index in [1.54, 1.807) is 4.68 Å². The molecular formula is C14H14N4O. The van der Waals surface area contributed by atoms with Gasteiger partial charge in [0.25, 0.3) is 0 Å². The van der Waals surface area contributed by atoms with Crippen molar-refractivity contribution in [2.24, 2.45) is 0 Å². The Labute approximate surface area is 110 Å². The van der Waals surface area contributed by atoms with Gasteiger partial charge in [-0.2, -0.15) is 5.10 Å². The predicted octanol–water partition coefficient (Wildman–Crippen LogP) is 2.54. The van der Waals surface area contributed by atoms with Crippen LogP contribution >= 0.6 is 0 Å². The van der Waals surface area contributed by atoms with E-state index >= 15 is 0 Å². The van der Waals surface area contributed by atoms with Gasteiger partial charge in [0.1, 0.15) is 6.33 Å². The summed E-state index contributed by atoms with van der Waals surface area (Å²) < 4.78 is 7.29. The van der Waals surface area contributed by atoms with E-state index in [1.165, 1.54) is 18.3 Å². The molecule has 1 aromatic carbocycles. The molecule has 0 amide bonds. The molecule has 0 bridgehead atoms. The van der Waals surface area contributed by atoms with Crippen LogP contribution in [0, 0.1) is 0 Å². The summed E-state index contributed by atoms with van der Waals surface area (Å²) in [6, 6.07) is 10.2. The highest BCUT2D eigenvalue weighted by Gasteiger charge is 2.16. The monoisotopic (exact) mass is 254 g/mol. The summed E-state index contributed by atoms with van der Waals surface area (Å²) in [5.41, 5.74) is 2.08. The topological polar surface area (TPSA) is 56.7 Å². The van der Waals surface area contributed by atoms with Crippen LogP contribution < -0.4 is 0 Å². The van der Waals surface area contributed by atoms with Crippen LogP contribution in [0.5, 0.6) is 0 Å². The van der Waals surface area contributed by atoms with Crippen molar-refractivity contribution >= 4 is 0 Å². The minimum Gasteiger partial charge on any atom is -0.440 e. The molecule has 2 heterocycles. The first-order valence-electron chi connectivity index (χ1n) is 6.23. The van der Waals surface area contributed by atoms with Crippen LogP contribution in [0.25, 0.3) is 11.6 Å². The molecule has 0 spiro atoms. The van der Waals surface area contributed by atoms with Crippen molar-refractivity contribution in [3.05, 3.63) is 54.3 Å². The van der Waals surface area contributed by atoms with Gasteiger partial charge < -0.3 is 4.42 Å². The van der Waals surface area contributed by atoms with Crippen LogP contribution in [0.1, 0.15) is 18.2 Å². The second-order valence-corrected chi connectivity index (χ2v) is 4.19. The molecule has 0 fully saturated rings. The van der Waals surface area contributed by atoms with Crippen molar-refractivity contribution in [3.8, 4) is 11.6 Å². The average molecular weight is 254 g/mol. The third-order valence-corrected chi connectivity index (χ3v) is 2.97. The molecule has 0 radical (unpaired) electrons. The fourth-order valence-electron chi connectivity index (χ4n) is 2.04. The molecule has 0 aliphatic heterocycles. The van der Waals surface area contributed by atoms with E-state index in [-0.39, 0.29) is 0 Å². The van der Waals surface area contributed by atoms with Crippen LogP contribution in [-0.4, -0.2) is 19.7 Å². The van der Waals surface area contributed by atoms with Crippen molar-refractivity contribution in [2.75, 3.05) is 0 Å². The molecule has 0 aliphatic carbocycles. The first kappa shape index (κ1) is 11.6. The average Bonchev–Trinajstić information content (AvgIpc) is 3.07. The van der Waals surface area contributed by atoms with Crippen LogP contribution in [0.15, 0.2) is 47.5 Å². The lowest BCUT2D eigenvalue weighted by atomic mass is 10.1. The lowest BCUT2D eigenvalue weighted by Crippen LogP contribution is -2.01. The maximum absolute atomic E-state index is 5.49. The van der Waals surface area contributed by atoms with E-state index in [1.807, 2.05) is 25.1 Å². The van der Waals surface area contributed by atoms with Gasteiger partial charge in [-0.25, -0.2) is 14.6 Å². The van der Waals surface area contributed by atoms with E-state index in [0.29, 0.717) is 5.76 Å². The molecule has 0 saturated heterocycles. The first-order valence-corrected chi connectivity index (χ1v) is 6.23. The van der Waals surface area contributed by atoms with E-state index in [4.69, 9.17) is 4.42 Å². The number of benzene rings is 1. The number of hydrogen-bond acceptors (Lipinski definition) is 4. The Morgan fingerprint density at radius 1 is 1.16 bits per heavy atom. The van der Waals surface area contributed by atoms with E-state index in [2.05, 4.69) is 27.2 Å². The molecule has 0 saturated carbocycles. The smallest absolute Gasteiger partial charge is 0.196 e. The summed E-state index contributed by atoms with van der Waals surface area (Å²) >= 11 is 0. The molecule has 96 valence electrons. The number of nitrogens with zero attached hydrogens (tertiary/aromatic N) is 4. The molecule has 0 atom stereocenters. The minimum atomic E-state index is 0.697. The highest BCUT2D eigenvalue weighted by Crippen LogP contribution is 2.22. The van der Waals surface area contributed by atoms with Gasteiger partial charge in [0, 0.05) is 13.0 Å². The summed E-state index contributed by atoms with van der Waals surface area (Å²) in [6.45, 7) is 2.77. The lowest BCUT2D eigenvalue weighted by molar-refractivity contribution is 0.554. The summed E-state index contributed by atoms with van der Waals surface area (Å²) in [5, 5.41) is 4.16. The standard InChI is InChI=1S/C14H14N4O/c1-2-18-14(15-9-17-18)13-12(16-10-19-13)8-11-6-4-3-5-7-11/h3-7,9-10H,2,8H2,1H3. The van der Waals surface area contributed by atoms with Crippen molar-refractivity contribution in [1.29, 1.82) is 0 Å². The van der Waals surface area contributed by atoms with Crippen LogP contribution in [0.2, 0.25) is 0 Å². The van der Waals surface area contributed by atoms with E-state index in [0.717, 1.165) is 24.5 Å². The van der Waals surface area contributed by atoms with Gasteiger partial charge >= 0.3 is 0 Å². The fourth-order valence-corrected chi connectivity index (χ4v) is 2.04. The van der Waals surface area contributed by atoms with Gasteiger partial charge in [0.15, 0.2) is 18.0 Å². The number of oxazole rings is 1. The maximum Gasteiger partial charge on any atom is 0.196 e. The summed E-state index contributed by atoms with van der Waals surface area (Å²) in [5.74, 6) is 1.43. The molecule has 0 unspecified atom stereocenters. The quantitative estimate of drug-likeness (QED) is 0.718. The SMILES string of the molecule is CCn1ncnc1-c1ocnc1Cc1ccccc1. The molecule has 3 rings (SSSR count).